The molecule has 1 amide bonds. The van der Waals surface area contributed by atoms with Crippen molar-refractivity contribution in [1.29, 1.82) is 0 Å². The van der Waals surface area contributed by atoms with Gasteiger partial charge in [0, 0.05) is 20.0 Å². The molecule has 5 heteroatoms. The maximum Gasteiger partial charge on any atom is 0.219 e. The van der Waals surface area contributed by atoms with Crippen molar-refractivity contribution in [3.63, 3.8) is 0 Å². The fraction of sp³-hybridized carbons (Fsp3) is 0.769. The highest BCUT2D eigenvalue weighted by atomic mass is 16.2. The first-order valence-electron chi connectivity index (χ1n) is 6.89. The number of aromatic nitrogens is 3. The number of amides is 1. The molecule has 0 radical (unpaired) electrons. The summed E-state index contributed by atoms with van der Waals surface area (Å²) in [6, 6.07) is 0. The molecule has 1 aromatic rings. The van der Waals surface area contributed by atoms with Gasteiger partial charge >= 0.3 is 0 Å². The quantitative estimate of drug-likeness (QED) is 0.707. The van der Waals surface area contributed by atoms with Gasteiger partial charge in [-0.15, -0.1) is 10.2 Å². The van der Waals surface area contributed by atoms with Crippen LogP contribution in [0.5, 0.6) is 0 Å². The van der Waals surface area contributed by atoms with Crippen molar-refractivity contribution in [1.82, 2.24) is 19.7 Å². The molecule has 1 aliphatic heterocycles. The Morgan fingerprint density at radius 1 is 1.11 bits per heavy atom. The van der Waals surface area contributed by atoms with E-state index < -0.39 is 0 Å². The van der Waals surface area contributed by atoms with Crippen LogP contribution in [0.2, 0.25) is 0 Å². The van der Waals surface area contributed by atoms with Gasteiger partial charge in [-0.1, -0.05) is 38.5 Å². The maximum atomic E-state index is 11.0. The number of hydrogen-bond donors (Lipinski definition) is 0. The van der Waals surface area contributed by atoms with Gasteiger partial charge in [-0.25, -0.2) is 0 Å². The summed E-state index contributed by atoms with van der Waals surface area (Å²) in [6.07, 6.45) is 10.7. The van der Waals surface area contributed by atoms with Gasteiger partial charge < -0.3 is 9.47 Å². The van der Waals surface area contributed by atoms with E-state index in [0.29, 0.717) is 6.54 Å². The Bertz CT molecular complexity index is 373. The molecule has 1 saturated carbocycles. The number of hydrogen-bond acceptors (Lipinski definition) is 3. The summed E-state index contributed by atoms with van der Waals surface area (Å²) < 4.78 is 1.97. The Labute approximate surface area is 108 Å². The summed E-state index contributed by atoms with van der Waals surface area (Å²) in [5.41, 5.74) is 0. The lowest BCUT2D eigenvalue weighted by atomic mass is 10.0. The SMILES string of the molecule is C1CCCCC1.CC(=O)N1CCn2cnnc2C1. The molecule has 0 atom stereocenters. The highest BCUT2D eigenvalue weighted by Gasteiger charge is 2.18. The zero-order chi connectivity index (χ0) is 12.8. The number of nitrogens with zero attached hydrogens (tertiary/aromatic N) is 4. The second kappa shape index (κ2) is 6.52. The third-order valence-electron chi connectivity index (χ3n) is 3.58. The summed E-state index contributed by atoms with van der Waals surface area (Å²) in [5, 5.41) is 7.68. The van der Waals surface area contributed by atoms with Gasteiger partial charge in [0.2, 0.25) is 5.91 Å². The highest BCUT2D eigenvalue weighted by Crippen LogP contribution is 2.15. The number of carbonyl (C=O) groups is 1. The average molecular weight is 250 g/mol. The topological polar surface area (TPSA) is 51.0 Å². The van der Waals surface area contributed by atoms with E-state index in [9.17, 15) is 4.79 Å². The van der Waals surface area contributed by atoms with E-state index in [-0.39, 0.29) is 5.91 Å². The fourth-order valence-electron chi connectivity index (χ4n) is 2.40. The van der Waals surface area contributed by atoms with Gasteiger partial charge in [0.25, 0.3) is 0 Å². The van der Waals surface area contributed by atoms with E-state index in [2.05, 4.69) is 10.2 Å². The lowest BCUT2D eigenvalue weighted by Gasteiger charge is -2.25. The first kappa shape index (κ1) is 13.1. The molecule has 0 bridgehead atoms. The van der Waals surface area contributed by atoms with E-state index in [1.807, 2.05) is 4.57 Å². The van der Waals surface area contributed by atoms with E-state index in [1.54, 1.807) is 18.2 Å². The predicted molar refractivity (Wildman–Crippen MR) is 68.8 cm³/mol. The van der Waals surface area contributed by atoms with Gasteiger partial charge in [0.1, 0.15) is 6.33 Å². The molecule has 2 heterocycles. The smallest absolute Gasteiger partial charge is 0.219 e. The van der Waals surface area contributed by atoms with Crippen molar-refractivity contribution in [3.8, 4) is 0 Å². The molecule has 0 spiro atoms. The molecule has 0 unspecified atom stereocenters. The summed E-state index contributed by atoms with van der Waals surface area (Å²) in [4.78, 5) is 12.8. The molecule has 100 valence electrons. The van der Waals surface area contributed by atoms with Crippen LogP contribution >= 0.6 is 0 Å². The Balaban J connectivity index is 0.000000169. The van der Waals surface area contributed by atoms with Crippen LogP contribution in [0.4, 0.5) is 0 Å². The van der Waals surface area contributed by atoms with Crippen LogP contribution in [0.3, 0.4) is 0 Å². The number of rotatable bonds is 0. The molecule has 1 aliphatic carbocycles. The van der Waals surface area contributed by atoms with Crippen molar-refractivity contribution < 1.29 is 4.79 Å². The molecule has 0 aromatic carbocycles. The summed E-state index contributed by atoms with van der Waals surface area (Å²) in [7, 11) is 0. The minimum atomic E-state index is 0.101. The summed E-state index contributed by atoms with van der Waals surface area (Å²) >= 11 is 0. The van der Waals surface area contributed by atoms with Crippen LogP contribution in [0, 0.1) is 0 Å². The average Bonchev–Trinajstić information content (AvgIpc) is 2.88. The van der Waals surface area contributed by atoms with Gasteiger partial charge in [-0.2, -0.15) is 0 Å². The second-order valence-electron chi connectivity index (χ2n) is 5.00. The van der Waals surface area contributed by atoms with Gasteiger partial charge in [0.15, 0.2) is 5.82 Å². The van der Waals surface area contributed by atoms with Crippen LogP contribution in [-0.4, -0.2) is 32.1 Å². The Kier molecular flexibility index (Phi) is 4.73. The van der Waals surface area contributed by atoms with Crippen LogP contribution < -0.4 is 0 Å². The first-order valence-corrected chi connectivity index (χ1v) is 6.89. The predicted octanol–water partition coefficient (Wildman–Crippen LogP) is 1.98. The summed E-state index contributed by atoms with van der Waals surface area (Å²) in [5.74, 6) is 0.973. The van der Waals surface area contributed by atoms with Gasteiger partial charge in [-0.3, -0.25) is 4.79 Å². The van der Waals surface area contributed by atoms with Gasteiger partial charge in [0.05, 0.1) is 6.54 Å². The second-order valence-corrected chi connectivity index (χ2v) is 5.00. The van der Waals surface area contributed by atoms with E-state index >= 15 is 0 Å². The van der Waals surface area contributed by atoms with Crippen molar-refractivity contribution in [2.75, 3.05) is 6.54 Å². The Hall–Kier alpha value is -1.39. The minimum absolute atomic E-state index is 0.101. The first-order chi connectivity index (χ1) is 8.77. The normalized spacial score (nSPS) is 18.6. The van der Waals surface area contributed by atoms with Crippen molar-refractivity contribution in [3.05, 3.63) is 12.2 Å². The number of fused-ring (bicyclic) bond motifs is 1. The zero-order valence-corrected chi connectivity index (χ0v) is 11.1. The molecule has 0 saturated heterocycles. The van der Waals surface area contributed by atoms with Crippen LogP contribution in [-0.2, 0) is 17.9 Å². The molecule has 3 rings (SSSR count). The molecule has 5 nitrogen and oxygen atoms in total. The fourth-order valence-corrected chi connectivity index (χ4v) is 2.40. The molecular formula is C13H22N4O. The van der Waals surface area contributed by atoms with Crippen LogP contribution in [0.1, 0.15) is 51.3 Å². The molecule has 2 aliphatic rings. The zero-order valence-electron chi connectivity index (χ0n) is 11.1. The maximum absolute atomic E-state index is 11.0. The van der Waals surface area contributed by atoms with Gasteiger partial charge in [-0.05, 0) is 0 Å². The molecule has 0 N–H and O–H groups in total. The molecule has 18 heavy (non-hydrogen) atoms. The van der Waals surface area contributed by atoms with E-state index in [0.717, 1.165) is 18.9 Å². The largest absolute Gasteiger partial charge is 0.334 e. The van der Waals surface area contributed by atoms with E-state index in [4.69, 9.17) is 0 Å². The van der Waals surface area contributed by atoms with Crippen molar-refractivity contribution >= 4 is 5.91 Å². The third kappa shape index (κ3) is 3.55. The summed E-state index contributed by atoms with van der Waals surface area (Å²) in [6.45, 7) is 3.74. The van der Waals surface area contributed by atoms with Crippen LogP contribution in [0.15, 0.2) is 6.33 Å². The lowest BCUT2D eigenvalue weighted by molar-refractivity contribution is -0.130. The molecular weight excluding hydrogens is 228 g/mol. The molecule has 1 fully saturated rings. The van der Waals surface area contributed by atoms with Crippen molar-refractivity contribution in [2.24, 2.45) is 0 Å². The monoisotopic (exact) mass is 250 g/mol. The standard InChI is InChI=1S/C7H10N4O.C6H12/c1-6(12)10-2-3-11-5-8-9-7(11)4-10;1-2-4-6-5-3-1/h5H,2-4H2,1H3;1-6H2. The Morgan fingerprint density at radius 2 is 1.72 bits per heavy atom. The van der Waals surface area contributed by atoms with E-state index in [1.165, 1.54) is 38.5 Å². The Morgan fingerprint density at radius 3 is 2.28 bits per heavy atom. The van der Waals surface area contributed by atoms with Crippen molar-refractivity contribution in [2.45, 2.75) is 58.5 Å². The minimum Gasteiger partial charge on any atom is -0.334 e. The lowest BCUT2D eigenvalue weighted by Crippen LogP contribution is -2.36. The highest BCUT2D eigenvalue weighted by molar-refractivity contribution is 5.73. The van der Waals surface area contributed by atoms with Crippen LogP contribution in [0.25, 0.3) is 0 Å². The molecule has 1 aromatic heterocycles. The third-order valence-corrected chi connectivity index (χ3v) is 3.58. The number of carbonyl (C=O) groups excluding carboxylic acids is 1.